The molecule has 7 nitrogen and oxygen atoms in total. The number of pyridine rings is 1. The van der Waals surface area contributed by atoms with E-state index in [0.717, 1.165) is 29.1 Å². The van der Waals surface area contributed by atoms with Crippen LogP contribution in [0.5, 0.6) is 5.75 Å². The molecule has 0 aliphatic carbocycles. The average Bonchev–Trinajstić information content (AvgIpc) is 2.91. The fourth-order valence-corrected chi connectivity index (χ4v) is 3.79. The summed E-state index contributed by atoms with van der Waals surface area (Å²) in [6, 6.07) is 18.3. The highest BCUT2D eigenvalue weighted by atomic mass is 32.1. The van der Waals surface area contributed by atoms with Crippen molar-refractivity contribution in [1.82, 2.24) is 10.3 Å². The number of aromatic nitrogens is 1. The van der Waals surface area contributed by atoms with Gasteiger partial charge in [0.25, 0.3) is 0 Å². The molecular formula is C28H37N3O4S. The number of carbonyl (C=O) groups excluding carboxylic acids is 1. The normalized spacial score (nSPS) is 14.6. The van der Waals surface area contributed by atoms with Crippen LogP contribution in [0.15, 0.2) is 71.9 Å². The first-order valence-corrected chi connectivity index (χ1v) is 12.6. The highest BCUT2D eigenvalue weighted by molar-refractivity contribution is 7.80. The Morgan fingerprint density at radius 1 is 1.22 bits per heavy atom. The van der Waals surface area contributed by atoms with Crippen LogP contribution < -0.4 is 15.8 Å². The summed E-state index contributed by atoms with van der Waals surface area (Å²) in [5.41, 5.74) is 9.10. The minimum absolute atomic E-state index is 0.0139. The Bertz CT molecular complexity index is 1050. The molecule has 2 unspecified atom stereocenters. The number of nitrogens with one attached hydrogen (secondary N) is 1. The quantitative estimate of drug-likeness (QED) is 0.338. The van der Waals surface area contributed by atoms with E-state index < -0.39 is 12.0 Å². The van der Waals surface area contributed by atoms with E-state index in [1.54, 1.807) is 12.4 Å². The molecule has 0 bridgehead atoms. The van der Waals surface area contributed by atoms with Crippen molar-refractivity contribution in [1.29, 1.82) is 0 Å². The van der Waals surface area contributed by atoms with Crippen LogP contribution in [-0.4, -0.2) is 48.9 Å². The number of benzene rings is 2. The zero-order valence-electron chi connectivity index (χ0n) is 21.2. The molecule has 1 aromatic heterocycles. The molecule has 2 heterocycles. The number of primary amides is 1. The number of rotatable bonds is 8. The maximum Gasteiger partial charge on any atom is 0.243 e. The van der Waals surface area contributed by atoms with Crippen LogP contribution in [0.1, 0.15) is 37.5 Å². The number of methoxy groups -OCH3 is 1. The third-order valence-electron chi connectivity index (χ3n) is 5.36. The first-order chi connectivity index (χ1) is 17.5. The number of nitrogens with two attached hydrogens (primary N) is 1. The zero-order valence-corrected chi connectivity index (χ0v) is 22.1. The van der Waals surface area contributed by atoms with Crippen LogP contribution in [0.25, 0.3) is 11.1 Å². The molecule has 0 saturated heterocycles. The zero-order chi connectivity index (χ0) is 26.3. The van der Waals surface area contributed by atoms with Gasteiger partial charge in [-0.2, -0.15) is 0 Å². The molecule has 194 valence electrons. The van der Waals surface area contributed by atoms with Gasteiger partial charge in [-0.25, -0.2) is 0 Å². The molecule has 4 rings (SSSR count). The molecule has 1 aliphatic rings. The maximum absolute atomic E-state index is 10.2. The van der Waals surface area contributed by atoms with Gasteiger partial charge in [-0.3, -0.25) is 9.78 Å². The van der Waals surface area contributed by atoms with Crippen LogP contribution in [0, 0.1) is 0 Å². The highest BCUT2D eigenvalue weighted by Gasteiger charge is 2.20. The Kier molecular flexibility index (Phi) is 13.0. The standard InChI is InChI=1S/C23H24N2O2S.C3H7NO2.C2H6/c26-22(19-2-1-11-24-13-19)15-25-14-20-7-3-18-12-17(6-10-23(18)27-20)16-4-8-21(28)9-5-16;1-6-2-3(4)5;1-2/h1-2,4-6,8-13,20,22,25-26,28H,3,7,14-15H2;2H2,1H3,(H2,4,5);1-2H3. The number of aliphatic hydroxyl groups excluding tert-OH is 1. The monoisotopic (exact) mass is 511 g/mol. The number of ether oxygens (including phenoxy) is 2. The average molecular weight is 512 g/mol. The number of carbonyl (C=O) groups is 1. The van der Waals surface area contributed by atoms with Crippen LogP contribution in [-0.2, 0) is 16.0 Å². The van der Waals surface area contributed by atoms with Gasteiger partial charge < -0.3 is 25.6 Å². The number of thiol groups is 1. The van der Waals surface area contributed by atoms with Crippen LogP contribution in [0.4, 0.5) is 0 Å². The lowest BCUT2D eigenvalue weighted by Crippen LogP contribution is -2.36. The maximum atomic E-state index is 10.2. The number of amides is 1. The fourth-order valence-electron chi connectivity index (χ4n) is 3.64. The highest BCUT2D eigenvalue weighted by Crippen LogP contribution is 2.32. The van der Waals surface area contributed by atoms with E-state index in [0.29, 0.717) is 13.1 Å². The molecule has 36 heavy (non-hydrogen) atoms. The van der Waals surface area contributed by atoms with E-state index in [1.165, 1.54) is 23.8 Å². The first-order valence-electron chi connectivity index (χ1n) is 12.1. The van der Waals surface area contributed by atoms with Crippen molar-refractivity contribution >= 4 is 18.5 Å². The topological polar surface area (TPSA) is 107 Å². The van der Waals surface area contributed by atoms with Crippen LogP contribution in [0.3, 0.4) is 0 Å². The third kappa shape index (κ3) is 9.62. The predicted octanol–water partition coefficient (Wildman–Crippen LogP) is 4.20. The van der Waals surface area contributed by atoms with E-state index >= 15 is 0 Å². The summed E-state index contributed by atoms with van der Waals surface area (Å²) in [4.78, 5) is 14.7. The number of hydrogen-bond donors (Lipinski definition) is 4. The van der Waals surface area contributed by atoms with Crippen molar-refractivity contribution in [2.45, 2.75) is 43.8 Å². The van der Waals surface area contributed by atoms with Gasteiger partial charge in [0.1, 0.15) is 18.5 Å². The second-order valence-corrected chi connectivity index (χ2v) is 8.52. The minimum Gasteiger partial charge on any atom is -0.489 e. The lowest BCUT2D eigenvalue weighted by atomic mass is 9.97. The van der Waals surface area contributed by atoms with Gasteiger partial charge in [-0.1, -0.05) is 38.1 Å². The Balaban J connectivity index is 0.000000502. The van der Waals surface area contributed by atoms with Gasteiger partial charge in [0.15, 0.2) is 0 Å². The van der Waals surface area contributed by atoms with E-state index in [9.17, 15) is 9.90 Å². The van der Waals surface area contributed by atoms with E-state index in [2.05, 4.69) is 63.7 Å². The largest absolute Gasteiger partial charge is 0.489 e. The summed E-state index contributed by atoms with van der Waals surface area (Å²) in [7, 11) is 1.42. The summed E-state index contributed by atoms with van der Waals surface area (Å²) < 4.78 is 10.5. The third-order valence-corrected chi connectivity index (χ3v) is 5.65. The van der Waals surface area contributed by atoms with Gasteiger partial charge in [-0.05, 0) is 59.9 Å². The van der Waals surface area contributed by atoms with Crippen molar-refractivity contribution < 1.29 is 19.4 Å². The van der Waals surface area contributed by atoms with Crippen LogP contribution in [0.2, 0.25) is 0 Å². The number of nitrogens with zero attached hydrogens (tertiary/aromatic N) is 1. The Morgan fingerprint density at radius 2 is 1.94 bits per heavy atom. The fraction of sp³-hybridized carbons (Fsp3) is 0.357. The lowest BCUT2D eigenvalue weighted by molar-refractivity contribution is -0.121. The van der Waals surface area contributed by atoms with E-state index in [-0.39, 0.29) is 12.7 Å². The van der Waals surface area contributed by atoms with E-state index in [4.69, 9.17) is 4.74 Å². The summed E-state index contributed by atoms with van der Waals surface area (Å²) >= 11 is 4.35. The van der Waals surface area contributed by atoms with Gasteiger partial charge in [0.2, 0.25) is 5.91 Å². The van der Waals surface area contributed by atoms with Gasteiger partial charge >= 0.3 is 0 Å². The molecule has 0 saturated carbocycles. The van der Waals surface area contributed by atoms with Crippen LogP contribution >= 0.6 is 12.6 Å². The molecule has 1 amide bonds. The number of aliphatic hydroxyl groups is 1. The smallest absolute Gasteiger partial charge is 0.243 e. The van der Waals surface area contributed by atoms with Gasteiger partial charge in [0, 0.05) is 43.1 Å². The summed E-state index contributed by atoms with van der Waals surface area (Å²) in [5, 5.41) is 13.5. The SMILES string of the molecule is CC.COCC(N)=O.OC(CNCC1CCc2cc(-c3ccc(S)cc3)ccc2O1)c1cccnc1. The first kappa shape index (κ1) is 29.3. The lowest BCUT2D eigenvalue weighted by Gasteiger charge is -2.27. The molecule has 4 N–H and O–H groups in total. The second kappa shape index (κ2) is 16.0. The molecule has 2 aromatic carbocycles. The van der Waals surface area contributed by atoms with Crippen molar-refractivity contribution in [2.75, 3.05) is 26.8 Å². The van der Waals surface area contributed by atoms with E-state index in [1.807, 2.05) is 38.1 Å². The number of aryl methyl sites for hydroxylation is 1. The van der Waals surface area contributed by atoms with Crippen molar-refractivity contribution in [3.05, 3.63) is 78.1 Å². The van der Waals surface area contributed by atoms with Gasteiger partial charge in [0.05, 0.1) is 6.10 Å². The molecular weight excluding hydrogens is 474 g/mol. The summed E-state index contributed by atoms with van der Waals surface area (Å²) in [6.45, 7) is 5.21. The molecule has 1 aliphatic heterocycles. The summed E-state index contributed by atoms with van der Waals surface area (Å²) in [6.07, 6.45) is 4.91. The molecule has 8 heteroatoms. The molecule has 3 aromatic rings. The molecule has 0 radical (unpaired) electrons. The van der Waals surface area contributed by atoms with Crippen molar-refractivity contribution in [3.63, 3.8) is 0 Å². The van der Waals surface area contributed by atoms with Gasteiger partial charge in [-0.15, -0.1) is 12.6 Å². The molecule has 0 fully saturated rings. The summed E-state index contributed by atoms with van der Waals surface area (Å²) in [5.74, 6) is 0.526. The number of fused-ring (bicyclic) bond motifs is 1. The Hall–Kier alpha value is -2.91. The Labute approximate surface area is 219 Å². The molecule has 0 spiro atoms. The predicted molar refractivity (Wildman–Crippen MR) is 146 cm³/mol. The van der Waals surface area contributed by atoms with Crippen molar-refractivity contribution in [3.8, 4) is 16.9 Å². The number of hydrogen-bond acceptors (Lipinski definition) is 7. The minimum atomic E-state index is -0.559. The second-order valence-electron chi connectivity index (χ2n) is 8.01. The van der Waals surface area contributed by atoms with Crippen molar-refractivity contribution in [2.24, 2.45) is 5.73 Å². The molecule has 2 atom stereocenters. The Morgan fingerprint density at radius 3 is 2.56 bits per heavy atom.